The number of nitrogens with zero attached hydrogens (tertiary/aromatic N) is 1. The number of nitrogens with two attached hydrogens (primary N) is 1. The monoisotopic (exact) mass is 397 g/mol. The Hall–Kier alpha value is -2.31. The molecule has 3 rings (SSSR count). The molecule has 0 saturated carbocycles. The molecule has 1 heterocycles. The molecule has 1 unspecified atom stereocenters. The molecule has 1 saturated heterocycles. The summed E-state index contributed by atoms with van der Waals surface area (Å²) in [6.07, 6.45) is 1.76. The second-order valence-corrected chi connectivity index (χ2v) is 8.98. The molecule has 2 aromatic rings. The van der Waals surface area contributed by atoms with Crippen LogP contribution in [0.3, 0.4) is 0 Å². The summed E-state index contributed by atoms with van der Waals surface area (Å²) < 4.78 is 0. The van der Waals surface area contributed by atoms with Gasteiger partial charge in [-0.05, 0) is 55.3 Å². The summed E-state index contributed by atoms with van der Waals surface area (Å²) in [7, 11) is 0. The van der Waals surface area contributed by atoms with Crippen LogP contribution >= 0.6 is 11.8 Å². The predicted octanol–water partition coefficient (Wildman–Crippen LogP) is 3.89. The summed E-state index contributed by atoms with van der Waals surface area (Å²) in [5, 5.41) is 3.52. The van der Waals surface area contributed by atoms with Gasteiger partial charge in [0.2, 0.25) is 5.91 Å². The van der Waals surface area contributed by atoms with Crippen LogP contribution < -0.4 is 11.1 Å². The zero-order valence-corrected chi connectivity index (χ0v) is 17.2. The second kappa shape index (κ2) is 9.26. The standard InChI is InChI=1S/C22H27N3O2S/c1-15(2)28-18-11-9-16(10-12-18)22(27)24-19-7-4-3-6-17(19)14-25-13-5-8-20(25)21(23)26/h3-4,6-7,9-12,15,20H,5,8,13-14H2,1-2H3,(H2,23,26)(H,24,27). The minimum absolute atomic E-state index is 0.138. The van der Waals surface area contributed by atoms with Crippen LogP contribution in [0.4, 0.5) is 5.69 Å². The first-order valence-corrected chi connectivity index (χ1v) is 10.5. The smallest absolute Gasteiger partial charge is 0.255 e. The van der Waals surface area contributed by atoms with Gasteiger partial charge >= 0.3 is 0 Å². The van der Waals surface area contributed by atoms with Gasteiger partial charge in [0.15, 0.2) is 0 Å². The van der Waals surface area contributed by atoms with E-state index >= 15 is 0 Å². The van der Waals surface area contributed by atoms with Crippen LogP contribution in [0.15, 0.2) is 53.4 Å². The molecule has 148 valence electrons. The van der Waals surface area contributed by atoms with Gasteiger partial charge in [0, 0.05) is 27.9 Å². The second-order valence-electron chi connectivity index (χ2n) is 7.33. The molecular formula is C22H27N3O2S. The Balaban J connectivity index is 1.70. The molecule has 1 aliphatic heterocycles. The number of hydrogen-bond donors (Lipinski definition) is 2. The minimum Gasteiger partial charge on any atom is -0.368 e. The molecule has 1 aliphatic rings. The fourth-order valence-electron chi connectivity index (χ4n) is 3.49. The SMILES string of the molecule is CC(C)Sc1ccc(C(=O)Nc2ccccc2CN2CCCC2C(N)=O)cc1. The van der Waals surface area contributed by atoms with E-state index in [0.29, 0.717) is 17.4 Å². The maximum Gasteiger partial charge on any atom is 0.255 e. The van der Waals surface area contributed by atoms with Crippen LogP contribution in [-0.2, 0) is 11.3 Å². The van der Waals surface area contributed by atoms with Gasteiger partial charge in [-0.2, -0.15) is 0 Å². The van der Waals surface area contributed by atoms with Gasteiger partial charge in [-0.25, -0.2) is 0 Å². The average Bonchev–Trinajstić information content (AvgIpc) is 3.12. The summed E-state index contributed by atoms with van der Waals surface area (Å²) in [4.78, 5) is 27.6. The predicted molar refractivity (Wildman–Crippen MR) is 114 cm³/mol. The highest BCUT2D eigenvalue weighted by Gasteiger charge is 2.29. The fraction of sp³-hybridized carbons (Fsp3) is 0.364. The number of anilines is 1. The highest BCUT2D eigenvalue weighted by Crippen LogP contribution is 2.25. The molecule has 0 aromatic heterocycles. The van der Waals surface area contributed by atoms with Gasteiger partial charge in [0.25, 0.3) is 5.91 Å². The third-order valence-corrected chi connectivity index (χ3v) is 5.84. The Morgan fingerprint density at radius 2 is 1.89 bits per heavy atom. The van der Waals surface area contributed by atoms with E-state index in [0.717, 1.165) is 35.5 Å². The van der Waals surface area contributed by atoms with Crippen LogP contribution in [0.25, 0.3) is 0 Å². The van der Waals surface area contributed by atoms with Crippen LogP contribution in [0.5, 0.6) is 0 Å². The Labute approximate surface area is 170 Å². The molecule has 0 spiro atoms. The zero-order valence-electron chi connectivity index (χ0n) is 16.4. The van der Waals surface area contributed by atoms with Crippen molar-refractivity contribution in [1.29, 1.82) is 0 Å². The molecule has 28 heavy (non-hydrogen) atoms. The maximum absolute atomic E-state index is 12.7. The molecule has 2 aromatic carbocycles. The topological polar surface area (TPSA) is 75.4 Å². The summed E-state index contributed by atoms with van der Waals surface area (Å²) in [5.41, 5.74) is 7.90. The summed E-state index contributed by atoms with van der Waals surface area (Å²) in [6.45, 7) is 5.72. The van der Waals surface area contributed by atoms with Crippen molar-refractivity contribution < 1.29 is 9.59 Å². The quantitative estimate of drug-likeness (QED) is 0.695. The lowest BCUT2D eigenvalue weighted by Crippen LogP contribution is -2.39. The summed E-state index contributed by atoms with van der Waals surface area (Å²) >= 11 is 1.77. The van der Waals surface area contributed by atoms with E-state index in [1.165, 1.54) is 0 Å². The van der Waals surface area contributed by atoms with Gasteiger partial charge < -0.3 is 11.1 Å². The lowest BCUT2D eigenvalue weighted by atomic mass is 10.1. The third kappa shape index (κ3) is 5.14. The molecule has 3 N–H and O–H groups in total. The number of likely N-dealkylation sites (tertiary alicyclic amines) is 1. The van der Waals surface area contributed by atoms with E-state index < -0.39 is 0 Å². The van der Waals surface area contributed by atoms with E-state index in [-0.39, 0.29) is 17.9 Å². The number of para-hydroxylation sites is 1. The molecule has 6 heteroatoms. The van der Waals surface area contributed by atoms with Crippen molar-refractivity contribution >= 4 is 29.3 Å². The number of nitrogens with one attached hydrogen (secondary N) is 1. The molecule has 0 radical (unpaired) electrons. The van der Waals surface area contributed by atoms with Crippen LogP contribution in [0.1, 0.15) is 42.6 Å². The molecule has 1 atom stereocenters. The molecule has 0 aliphatic carbocycles. The Bertz CT molecular complexity index is 836. The van der Waals surface area contributed by atoms with E-state index in [1.54, 1.807) is 11.8 Å². The summed E-state index contributed by atoms with van der Waals surface area (Å²) in [6, 6.07) is 15.2. The van der Waals surface area contributed by atoms with Crippen molar-refractivity contribution in [2.75, 3.05) is 11.9 Å². The highest BCUT2D eigenvalue weighted by molar-refractivity contribution is 7.99. The molecule has 2 amide bonds. The Morgan fingerprint density at radius 3 is 2.57 bits per heavy atom. The van der Waals surface area contributed by atoms with Crippen molar-refractivity contribution in [3.8, 4) is 0 Å². The number of benzene rings is 2. The lowest BCUT2D eigenvalue weighted by molar-refractivity contribution is -0.122. The van der Waals surface area contributed by atoms with E-state index in [9.17, 15) is 9.59 Å². The number of carbonyl (C=O) groups excluding carboxylic acids is 2. The first-order chi connectivity index (χ1) is 13.4. The number of amides is 2. The first kappa shape index (κ1) is 20.4. The first-order valence-electron chi connectivity index (χ1n) is 9.63. The Kier molecular flexibility index (Phi) is 6.75. The van der Waals surface area contributed by atoms with E-state index in [2.05, 4.69) is 24.1 Å². The lowest BCUT2D eigenvalue weighted by Gasteiger charge is -2.23. The van der Waals surface area contributed by atoms with Crippen molar-refractivity contribution in [1.82, 2.24) is 4.90 Å². The minimum atomic E-state index is -0.279. The van der Waals surface area contributed by atoms with Gasteiger partial charge in [0.05, 0.1) is 6.04 Å². The largest absolute Gasteiger partial charge is 0.368 e. The molecule has 5 nitrogen and oxygen atoms in total. The number of rotatable bonds is 7. The van der Waals surface area contributed by atoms with Gasteiger partial charge in [-0.3, -0.25) is 14.5 Å². The van der Waals surface area contributed by atoms with E-state index in [1.807, 2.05) is 48.5 Å². The van der Waals surface area contributed by atoms with Crippen molar-refractivity contribution in [2.45, 2.75) is 49.4 Å². The number of carbonyl (C=O) groups is 2. The van der Waals surface area contributed by atoms with Gasteiger partial charge in [-0.15, -0.1) is 11.8 Å². The number of thioether (sulfide) groups is 1. The summed E-state index contributed by atoms with van der Waals surface area (Å²) in [5.74, 6) is -0.417. The van der Waals surface area contributed by atoms with Crippen LogP contribution in [0, 0.1) is 0 Å². The zero-order chi connectivity index (χ0) is 20.1. The van der Waals surface area contributed by atoms with Crippen molar-refractivity contribution in [3.63, 3.8) is 0 Å². The fourth-order valence-corrected chi connectivity index (χ4v) is 4.33. The van der Waals surface area contributed by atoms with Gasteiger partial charge in [-0.1, -0.05) is 32.0 Å². The van der Waals surface area contributed by atoms with Crippen LogP contribution in [0.2, 0.25) is 0 Å². The maximum atomic E-state index is 12.7. The van der Waals surface area contributed by atoms with Crippen molar-refractivity contribution in [2.24, 2.45) is 5.73 Å². The molecule has 1 fully saturated rings. The van der Waals surface area contributed by atoms with Crippen LogP contribution in [-0.4, -0.2) is 34.6 Å². The van der Waals surface area contributed by atoms with E-state index in [4.69, 9.17) is 5.73 Å². The normalized spacial score (nSPS) is 17.0. The van der Waals surface area contributed by atoms with Gasteiger partial charge in [0.1, 0.15) is 0 Å². The molecular weight excluding hydrogens is 370 g/mol. The highest BCUT2D eigenvalue weighted by atomic mass is 32.2. The van der Waals surface area contributed by atoms with Crippen molar-refractivity contribution in [3.05, 3.63) is 59.7 Å². The Morgan fingerprint density at radius 1 is 1.18 bits per heavy atom. The molecule has 0 bridgehead atoms. The third-order valence-electron chi connectivity index (χ3n) is 4.82. The number of hydrogen-bond acceptors (Lipinski definition) is 4. The average molecular weight is 398 g/mol. The number of primary amides is 1.